The van der Waals surface area contributed by atoms with Crippen LogP contribution in [0.4, 0.5) is 0 Å². The van der Waals surface area contributed by atoms with E-state index in [1.165, 1.54) is 0 Å². The average Bonchev–Trinajstić information content (AvgIpc) is 2.05. The molecule has 0 aromatic carbocycles. The Morgan fingerprint density at radius 2 is 2.42 bits per heavy atom. The highest BCUT2D eigenvalue weighted by Gasteiger charge is 2.17. The van der Waals surface area contributed by atoms with E-state index in [-0.39, 0.29) is 6.10 Å². The first-order chi connectivity index (χ1) is 5.77. The summed E-state index contributed by atoms with van der Waals surface area (Å²) in [4.78, 5) is 0. The Hall–Kier alpha value is 0.0900. The molecule has 0 spiro atoms. The van der Waals surface area contributed by atoms with Crippen LogP contribution in [-0.4, -0.2) is 23.9 Å². The van der Waals surface area contributed by atoms with Crippen LogP contribution < -0.4 is 5.73 Å². The van der Waals surface area contributed by atoms with Crippen molar-refractivity contribution in [2.24, 2.45) is 5.73 Å². The van der Waals surface area contributed by atoms with E-state index in [0.717, 1.165) is 12.0 Å². The van der Waals surface area contributed by atoms with Gasteiger partial charge in [-0.3, -0.25) is 0 Å². The van der Waals surface area contributed by atoms with Crippen LogP contribution in [0.15, 0.2) is 23.8 Å². The van der Waals surface area contributed by atoms with Gasteiger partial charge in [0.25, 0.3) is 0 Å². The van der Waals surface area contributed by atoms with Gasteiger partial charge in [0.05, 0.1) is 0 Å². The van der Waals surface area contributed by atoms with E-state index in [0.29, 0.717) is 6.54 Å². The molecule has 3 nitrogen and oxygen atoms in total. The smallest absolute Gasteiger partial charge is 0.118 e. The molecular weight excluding hydrogens is 269 g/mol. The molecule has 0 aromatic rings. The molecule has 1 aliphatic carbocycles. The van der Waals surface area contributed by atoms with E-state index >= 15 is 0 Å². The van der Waals surface area contributed by atoms with Crippen molar-refractivity contribution in [2.75, 3.05) is 6.54 Å². The fourth-order valence-electron chi connectivity index (χ4n) is 1.12. The monoisotopic (exact) mass is 281 g/mol. The Kier molecular flexibility index (Phi) is 4.20. The lowest BCUT2D eigenvalue weighted by atomic mass is 10.0. The van der Waals surface area contributed by atoms with Gasteiger partial charge < -0.3 is 13.9 Å². The highest BCUT2D eigenvalue weighted by molar-refractivity contribution is 14.1. The van der Waals surface area contributed by atoms with E-state index in [1.807, 2.05) is 12.2 Å². The van der Waals surface area contributed by atoms with Gasteiger partial charge >= 0.3 is 0 Å². The second kappa shape index (κ2) is 4.96. The van der Waals surface area contributed by atoms with Crippen molar-refractivity contribution in [3.8, 4) is 0 Å². The fourth-order valence-corrected chi connectivity index (χ4v) is 1.59. The predicted octanol–water partition coefficient (Wildman–Crippen LogP) is 0.927. The topological polar surface area (TPSA) is 55.5 Å². The van der Waals surface area contributed by atoms with Crippen LogP contribution in [0, 0.1) is 0 Å². The normalized spacial score (nSPS) is 28.8. The summed E-state index contributed by atoms with van der Waals surface area (Å²) in [5, 5.41) is 9.47. The Labute approximate surface area is 86.0 Å². The number of aliphatic hydroxyl groups excluding tert-OH is 1. The van der Waals surface area contributed by atoms with Crippen LogP contribution in [-0.2, 0) is 3.07 Å². The summed E-state index contributed by atoms with van der Waals surface area (Å²) in [5.74, 6) is 0. The Balaban J connectivity index is 2.56. The van der Waals surface area contributed by atoms with Gasteiger partial charge in [-0.15, -0.1) is 0 Å². The van der Waals surface area contributed by atoms with Crippen molar-refractivity contribution >= 4 is 23.0 Å². The molecule has 1 rings (SSSR count). The molecule has 4 heteroatoms. The molecule has 0 bridgehead atoms. The summed E-state index contributed by atoms with van der Waals surface area (Å²) in [6.07, 6.45) is 5.64. The van der Waals surface area contributed by atoms with E-state index in [1.54, 1.807) is 29.1 Å². The first-order valence-electron chi connectivity index (χ1n) is 3.82. The molecule has 1 aliphatic rings. The molecule has 0 fully saturated rings. The van der Waals surface area contributed by atoms with Crippen molar-refractivity contribution in [1.82, 2.24) is 0 Å². The third kappa shape index (κ3) is 2.55. The highest BCUT2D eigenvalue weighted by atomic mass is 127. The molecule has 2 unspecified atom stereocenters. The van der Waals surface area contributed by atoms with Gasteiger partial charge in [0, 0.05) is 0 Å². The number of halogens is 1. The number of hydrogen-bond acceptors (Lipinski definition) is 3. The minimum absolute atomic E-state index is 0.216. The van der Waals surface area contributed by atoms with Crippen LogP contribution in [0.1, 0.15) is 6.42 Å². The van der Waals surface area contributed by atoms with Crippen LogP contribution in [0.25, 0.3) is 0 Å². The quantitative estimate of drug-likeness (QED) is 0.757. The van der Waals surface area contributed by atoms with Gasteiger partial charge in [0.2, 0.25) is 0 Å². The zero-order valence-corrected chi connectivity index (χ0v) is 8.77. The van der Waals surface area contributed by atoms with Crippen molar-refractivity contribution < 1.29 is 8.17 Å². The van der Waals surface area contributed by atoms with E-state index in [9.17, 15) is 5.11 Å². The molecule has 3 N–H and O–H groups in total. The summed E-state index contributed by atoms with van der Waals surface area (Å²) in [6.45, 7) is 0.610. The molecule has 0 heterocycles. The minimum Gasteiger partial charge on any atom is -0.386 e. The molecule has 0 saturated heterocycles. The molecule has 0 radical (unpaired) electrons. The number of allylic oxidation sites excluding steroid dienone is 1. The van der Waals surface area contributed by atoms with E-state index < -0.39 is 6.10 Å². The summed E-state index contributed by atoms with van der Waals surface area (Å²) in [7, 11) is 0. The van der Waals surface area contributed by atoms with Gasteiger partial charge in [0.1, 0.15) is 35.2 Å². The van der Waals surface area contributed by atoms with Crippen LogP contribution in [0.3, 0.4) is 0 Å². The van der Waals surface area contributed by atoms with Crippen molar-refractivity contribution in [3.63, 3.8) is 0 Å². The molecular formula is C8H12INO2. The molecule has 2 atom stereocenters. The lowest BCUT2D eigenvalue weighted by Gasteiger charge is -2.18. The minimum atomic E-state index is -0.534. The Morgan fingerprint density at radius 1 is 1.67 bits per heavy atom. The maximum absolute atomic E-state index is 9.47. The maximum atomic E-state index is 9.47. The zero-order chi connectivity index (χ0) is 8.97. The summed E-state index contributed by atoms with van der Waals surface area (Å²) < 4.78 is 4.99. The molecule has 0 saturated carbocycles. The second-order valence-electron chi connectivity index (χ2n) is 2.68. The SMILES string of the molecule is NCCC1=CC(O)C(OI)C=C1. The third-order valence-electron chi connectivity index (χ3n) is 1.76. The van der Waals surface area contributed by atoms with Crippen LogP contribution in [0.5, 0.6) is 0 Å². The van der Waals surface area contributed by atoms with Crippen LogP contribution >= 0.6 is 23.0 Å². The van der Waals surface area contributed by atoms with Gasteiger partial charge in [-0.25, -0.2) is 0 Å². The molecule has 68 valence electrons. The molecule has 0 amide bonds. The number of nitrogens with two attached hydrogens (primary N) is 1. The van der Waals surface area contributed by atoms with Gasteiger partial charge in [0.15, 0.2) is 0 Å². The number of rotatable bonds is 3. The average molecular weight is 281 g/mol. The fraction of sp³-hybridized carbons (Fsp3) is 0.500. The standard InChI is InChI=1S/C8H12INO2/c9-12-8-2-1-6(3-4-10)5-7(8)11/h1-2,5,7-8,11H,3-4,10H2. The number of aliphatic hydroxyl groups is 1. The third-order valence-corrected chi connectivity index (χ3v) is 2.34. The summed E-state index contributed by atoms with van der Waals surface area (Å²) >= 11 is 1.79. The Morgan fingerprint density at radius 3 is 2.92 bits per heavy atom. The molecule has 0 aromatic heterocycles. The van der Waals surface area contributed by atoms with Gasteiger partial charge in [-0.2, -0.15) is 0 Å². The van der Waals surface area contributed by atoms with Crippen molar-refractivity contribution in [1.29, 1.82) is 0 Å². The summed E-state index contributed by atoms with van der Waals surface area (Å²) in [6, 6.07) is 0. The first-order valence-corrected chi connectivity index (χ1v) is 4.70. The van der Waals surface area contributed by atoms with Gasteiger partial charge in [-0.05, 0) is 24.6 Å². The largest absolute Gasteiger partial charge is 0.386 e. The van der Waals surface area contributed by atoms with Crippen molar-refractivity contribution in [2.45, 2.75) is 18.6 Å². The first kappa shape index (κ1) is 10.2. The van der Waals surface area contributed by atoms with Crippen molar-refractivity contribution in [3.05, 3.63) is 23.8 Å². The lowest BCUT2D eigenvalue weighted by Crippen LogP contribution is -2.25. The molecule has 12 heavy (non-hydrogen) atoms. The number of hydrogen-bond donors (Lipinski definition) is 2. The Bertz CT molecular complexity index is 203. The van der Waals surface area contributed by atoms with Gasteiger partial charge in [-0.1, -0.05) is 12.2 Å². The maximum Gasteiger partial charge on any atom is 0.118 e. The van der Waals surface area contributed by atoms with E-state index in [2.05, 4.69) is 0 Å². The zero-order valence-electron chi connectivity index (χ0n) is 6.61. The predicted molar refractivity (Wildman–Crippen MR) is 55.8 cm³/mol. The summed E-state index contributed by atoms with van der Waals surface area (Å²) in [5.41, 5.74) is 6.46. The molecule has 0 aliphatic heterocycles. The van der Waals surface area contributed by atoms with Crippen LogP contribution in [0.2, 0.25) is 0 Å². The lowest BCUT2D eigenvalue weighted by molar-refractivity contribution is 0.125. The second-order valence-corrected chi connectivity index (χ2v) is 3.19. The highest BCUT2D eigenvalue weighted by Crippen LogP contribution is 2.17. The van der Waals surface area contributed by atoms with E-state index in [4.69, 9.17) is 8.80 Å².